The lowest BCUT2D eigenvalue weighted by molar-refractivity contribution is 0.100. The number of amides is 1. The van der Waals surface area contributed by atoms with Gasteiger partial charge in [-0.1, -0.05) is 0 Å². The molecule has 1 aromatic heterocycles. The highest BCUT2D eigenvalue weighted by Crippen LogP contribution is 2.27. The van der Waals surface area contributed by atoms with Crippen LogP contribution in [-0.2, 0) is 0 Å². The smallest absolute Gasteiger partial charge is 0.252 e. The highest BCUT2D eigenvalue weighted by atomic mass is 79.9. The summed E-state index contributed by atoms with van der Waals surface area (Å²) in [7, 11) is 0. The van der Waals surface area contributed by atoms with Gasteiger partial charge in [-0.2, -0.15) is 0 Å². The number of nitrogen functional groups attached to an aromatic ring is 1. The topological polar surface area (TPSA) is 94.0 Å². The number of nitrogens with one attached hydrogen (secondary N) is 1. The zero-order valence-corrected chi connectivity index (χ0v) is 11.5. The number of nitrogens with zero attached hydrogens (tertiary/aromatic N) is 1. The van der Waals surface area contributed by atoms with E-state index in [1.807, 2.05) is 0 Å². The quantitative estimate of drug-likeness (QED) is 0.747. The summed E-state index contributed by atoms with van der Waals surface area (Å²) in [5.41, 5.74) is 10.7. The van der Waals surface area contributed by atoms with Crippen LogP contribution in [0, 0.1) is 11.6 Å². The van der Waals surface area contributed by atoms with E-state index in [1.165, 1.54) is 12.3 Å². The first-order valence-electron chi connectivity index (χ1n) is 5.35. The Bertz CT molecular complexity index is 693. The van der Waals surface area contributed by atoms with Gasteiger partial charge in [0.1, 0.15) is 17.5 Å². The Morgan fingerprint density at radius 1 is 1.25 bits per heavy atom. The van der Waals surface area contributed by atoms with Crippen LogP contribution in [0.15, 0.2) is 28.9 Å². The summed E-state index contributed by atoms with van der Waals surface area (Å²) in [5.74, 6) is -2.17. The zero-order chi connectivity index (χ0) is 14.9. The number of carbonyl (C=O) groups is 1. The van der Waals surface area contributed by atoms with Gasteiger partial charge < -0.3 is 16.8 Å². The van der Waals surface area contributed by atoms with Crippen LogP contribution in [0.2, 0.25) is 0 Å². The molecule has 0 bridgehead atoms. The Hall–Kier alpha value is -2.22. The van der Waals surface area contributed by atoms with E-state index in [9.17, 15) is 13.6 Å². The van der Waals surface area contributed by atoms with Crippen LogP contribution in [0.1, 0.15) is 10.4 Å². The van der Waals surface area contributed by atoms with Crippen molar-refractivity contribution in [3.05, 3.63) is 46.1 Å². The molecule has 2 rings (SSSR count). The molecule has 5 nitrogen and oxygen atoms in total. The van der Waals surface area contributed by atoms with Crippen molar-refractivity contribution >= 4 is 39.0 Å². The minimum atomic E-state index is -0.787. The molecule has 1 heterocycles. The molecule has 0 aliphatic heterocycles. The molecule has 0 saturated heterocycles. The zero-order valence-electron chi connectivity index (χ0n) is 9.95. The molecule has 104 valence electrons. The Balaban J connectivity index is 2.45. The molecule has 2 aromatic rings. The third-order valence-corrected chi connectivity index (χ3v) is 3.05. The maximum atomic E-state index is 13.7. The van der Waals surface area contributed by atoms with Gasteiger partial charge in [0.2, 0.25) is 0 Å². The number of primary amides is 1. The predicted octanol–water partition coefficient (Wildman–Crippen LogP) is 2.55. The number of pyridine rings is 1. The first-order chi connectivity index (χ1) is 9.38. The van der Waals surface area contributed by atoms with E-state index in [1.54, 1.807) is 0 Å². The monoisotopic (exact) mass is 342 g/mol. The number of hydrogen-bond acceptors (Lipinski definition) is 4. The van der Waals surface area contributed by atoms with Gasteiger partial charge in [0.25, 0.3) is 5.91 Å². The average Bonchev–Trinajstić information content (AvgIpc) is 2.37. The van der Waals surface area contributed by atoms with Crippen molar-refractivity contribution in [3.63, 3.8) is 0 Å². The lowest BCUT2D eigenvalue weighted by Gasteiger charge is -2.11. The van der Waals surface area contributed by atoms with Gasteiger partial charge in [0, 0.05) is 6.07 Å². The fourth-order valence-electron chi connectivity index (χ4n) is 1.51. The van der Waals surface area contributed by atoms with Crippen LogP contribution in [0.5, 0.6) is 0 Å². The summed E-state index contributed by atoms with van der Waals surface area (Å²) in [5, 5.41) is 2.51. The highest BCUT2D eigenvalue weighted by molar-refractivity contribution is 9.10. The molecule has 1 aromatic carbocycles. The van der Waals surface area contributed by atoms with Crippen LogP contribution in [0.25, 0.3) is 0 Å². The first-order valence-corrected chi connectivity index (χ1v) is 6.14. The highest BCUT2D eigenvalue weighted by Gasteiger charge is 2.14. The lowest BCUT2D eigenvalue weighted by Crippen LogP contribution is -2.15. The molecule has 0 fully saturated rings. The molecule has 0 atom stereocenters. The van der Waals surface area contributed by atoms with Gasteiger partial charge in [-0.05, 0) is 28.1 Å². The van der Waals surface area contributed by atoms with Crippen LogP contribution in [-0.4, -0.2) is 10.9 Å². The molecule has 0 radical (unpaired) electrons. The Morgan fingerprint density at radius 3 is 2.60 bits per heavy atom. The Kier molecular flexibility index (Phi) is 3.84. The molecular formula is C12H9BrF2N4O. The molecule has 5 N–H and O–H groups in total. The van der Waals surface area contributed by atoms with Gasteiger partial charge >= 0.3 is 0 Å². The van der Waals surface area contributed by atoms with E-state index in [-0.39, 0.29) is 27.2 Å². The molecule has 1 amide bonds. The molecule has 20 heavy (non-hydrogen) atoms. The van der Waals surface area contributed by atoms with Crippen molar-refractivity contribution in [1.82, 2.24) is 4.98 Å². The standard InChI is InChI=1S/C12H9BrF2N4O/c13-7-2-9(15)10(3-8(7)14)19-12-6(11(17)20)1-5(16)4-18-12/h1-4H,16H2,(H2,17,20)(H,18,19). The third kappa shape index (κ3) is 2.85. The van der Waals surface area contributed by atoms with Crippen LogP contribution in [0.4, 0.5) is 26.0 Å². The number of nitrogens with two attached hydrogens (primary N) is 2. The fourth-order valence-corrected chi connectivity index (χ4v) is 1.83. The predicted molar refractivity (Wildman–Crippen MR) is 74.5 cm³/mol. The number of anilines is 3. The fraction of sp³-hybridized carbons (Fsp3) is 0. The molecular weight excluding hydrogens is 334 g/mol. The lowest BCUT2D eigenvalue weighted by atomic mass is 10.2. The second kappa shape index (κ2) is 5.41. The minimum absolute atomic E-state index is 0.00711. The first kappa shape index (κ1) is 14.2. The molecule has 0 unspecified atom stereocenters. The summed E-state index contributed by atoms with van der Waals surface area (Å²) in [6, 6.07) is 3.19. The molecule has 8 heteroatoms. The van der Waals surface area contributed by atoms with Crippen molar-refractivity contribution in [2.75, 3.05) is 11.1 Å². The Morgan fingerprint density at radius 2 is 1.95 bits per heavy atom. The van der Waals surface area contributed by atoms with Crippen LogP contribution < -0.4 is 16.8 Å². The van der Waals surface area contributed by atoms with Gasteiger partial charge in [-0.25, -0.2) is 13.8 Å². The van der Waals surface area contributed by atoms with Crippen molar-refractivity contribution < 1.29 is 13.6 Å². The van der Waals surface area contributed by atoms with E-state index >= 15 is 0 Å². The van der Waals surface area contributed by atoms with Crippen molar-refractivity contribution in [3.8, 4) is 0 Å². The van der Waals surface area contributed by atoms with Gasteiger partial charge in [-0.3, -0.25) is 4.79 Å². The second-order valence-corrected chi connectivity index (χ2v) is 4.75. The van der Waals surface area contributed by atoms with Gasteiger partial charge in [0.05, 0.1) is 27.6 Å². The van der Waals surface area contributed by atoms with E-state index in [0.717, 1.165) is 12.1 Å². The van der Waals surface area contributed by atoms with Crippen LogP contribution >= 0.6 is 15.9 Å². The number of aromatic nitrogens is 1. The molecule has 0 spiro atoms. The number of benzene rings is 1. The summed E-state index contributed by atoms with van der Waals surface area (Å²) in [6.45, 7) is 0. The number of halogens is 3. The number of carbonyl (C=O) groups excluding carboxylic acids is 1. The van der Waals surface area contributed by atoms with E-state index in [2.05, 4.69) is 26.2 Å². The van der Waals surface area contributed by atoms with Gasteiger partial charge in [0.15, 0.2) is 0 Å². The second-order valence-electron chi connectivity index (χ2n) is 3.90. The normalized spacial score (nSPS) is 10.3. The Labute approximate surface area is 121 Å². The van der Waals surface area contributed by atoms with Crippen molar-refractivity contribution in [2.45, 2.75) is 0 Å². The maximum Gasteiger partial charge on any atom is 0.252 e. The summed E-state index contributed by atoms with van der Waals surface area (Å²) >= 11 is 2.86. The summed E-state index contributed by atoms with van der Waals surface area (Å²) < 4.78 is 27.1. The summed E-state index contributed by atoms with van der Waals surface area (Å²) in [6.07, 6.45) is 1.27. The largest absolute Gasteiger partial charge is 0.397 e. The van der Waals surface area contributed by atoms with Crippen LogP contribution in [0.3, 0.4) is 0 Å². The third-order valence-electron chi connectivity index (χ3n) is 2.44. The number of hydrogen-bond donors (Lipinski definition) is 3. The number of rotatable bonds is 3. The van der Waals surface area contributed by atoms with E-state index in [4.69, 9.17) is 11.5 Å². The maximum absolute atomic E-state index is 13.7. The average molecular weight is 343 g/mol. The van der Waals surface area contributed by atoms with E-state index < -0.39 is 17.5 Å². The molecule has 0 aliphatic rings. The summed E-state index contributed by atoms with van der Waals surface area (Å²) in [4.78, 5) is 15.1. The minimum Gasteiger partial charge on any atom is -0.397 e. The molecule has 0 saturated carbocycles. The van der Waals surface area contributed by atoms with Crippen molar-refractivity contribution in [2.24, 2.45) is 5.73 Å². The van der Waals surface area contributed by atoms with Crippen molar-refractivity contribution in [1.29, 1.82) is 0 Å². The SMILES string of the molecule is NC(=O)c1cc(N)cnc1Nc1cc(F)c(Br)cc1F. The van der Waals surface area contributed by atoms with E-state index in [0.29, 0.717) is 0 Å². The van der Waals surface area contributed by atoms with Gasteiger partial charge in [-0.15, -0.1) is 0 Å². The molecule has 0 aliphatic carbocycles.